The molecule has 2 unspecified atom stereocenters. The van der Waals surface area contributed by atoms with Crippen molar-refractivity contribution in [2.45, 2.75) is 17.5 Å². The smallest absolute Gasteiger partial charge is 0.241 e. The highest BCUT2D eigenvalue weighted by Crippen LogP contribution is 2.48. The van der Waals surface area contributed by atoms with E-state index in [0.29, 0.717) is 15.9 Å². The molecule has 0 radical (unpaired) electrons. The van der Waals surface area contributed by atoms with E-state index in [1.54, 1.807) is 22.7 Å². The first-order valence-corrected chi connectivity index (χ1v) is 9.54. The highest BCUT2D eigenvalue weighted by atomic mass is 35.5. The van der Waals surface area contributed by atoms with Gasteiger partial charge in [-0.15, -0.1) is 11.8 Å². The lowest BCUT2D eigenvalue weighted by Gasteiger charge is -2.25. The maximum absolute atomic E-state index is 12.8. The van der Waals surface area contributed by atoms with Crippen LogP contribution < -0.4 is 4.90 Å². The summed E-state index contributed by atoms with van der Waals surface area (Å²) >= 11 is 14.4. The summed E-state index contributed by atoms with van der Waals surface area (Å²) in [6, 6.07) is 17.2. The van der Waals surface area contributed by atoms with Crippen LogP contribution in [0, 0.1) is 0 Å². The fraction of sp³-hybridized carbons (Fsp3) is 0.158. The molecule has 0 N–H and O–H groups in total. The van der Waals surface area contributed by atoms with Gasteiger partial charge in [-0.25, -0.2) is 4.98 Å². The van der Waals surface area contributed by atoms with Crippen molar-refractivity contribution in [3.05, 3.63) is 70.3 Å². The van der Waals surface area contributed by atoms with Gasteiger partial charge in [0.2, 0.25) is 5.91 Å². The molecule has 1 saturated heterocycles. The molecule has 1 aliphatic rings. The zero-order chi connectivity index (χ0) is 17.6. The van der Waals surface area contributed by atoms with E-state index < -0.39 is 0 Å². The van der Waals surface area contributed by atoms with E-state index in [9.17, 15) is 4.79 Å². The molecule has 0 spiro atoms. The lowest BCUT2D eigenvalue weighted by atomic mass is 10.1. The fourth-order valence-corrected chi connectivity index (χ4v) is 4.83. The molecule has 0 aliphatic carbocycles. The standard InChI is InChI=1S/C19H14Cl2N2OS/c1-11-18(24)23(16-9-5-3-7-14(16)20)19(25-11)13-10-12-6-2-4-8-15(12)22-17(13)21/h2-11,19H,1H3. The number of fused-ring (bicyclic) bond motifs is 1. The highest BCUT2D eigenvalue weighted by molar-refractivity contribution is 8.01. The van der Waals surface area contributed by atoms with Gasteiger partial charge < -0.3 is 0 Å². The highest BCUT2D eigenvalue weighted by Gasteiger charge is 2.41. The molecular weight excluding hydrogens is 375 g/mol. The summed E-state index contributed by atoms with van der Waals surface area (Å²) in [6.07, 6.45) is 0. The molecule has 1 amide bonds. The maximum atomic E-state index is 12.8. The summed E-state index contributed by atoms with van der Waals surface area (Å²) in [6.45, 7) is 1.90. The Bertz CT molecular complexity index is 979. The van der Waals surface area contributed by atoms with E-state index in [0.717, 1.165) is 16.5 Å². The van der Waals surface area contributed by atoms with E-state index in [1.165, 1.54) is 0 Å². The van der Waals surface area contributed by atoms with Crippen LogP contribution in [-0.2, 0) is 4.79 Å². The number of hydrogen-bond acceptors (Lipinski definition) is 3. The average molecular weight is 389 g/mol. The van der Waals surface area contributed by atoms with E-state index in [2.05, 4.69) is 4.98 Å². The van der Waals surface area contributed by atoms with Crippen molar-refractivity contribution < 1.29 is 4.79 Å². The van der Waals surface area contributed by atoms with E-state index in [4.69, 9.17) is 23.2 Å². The van der Waals surface area contributed by atoms with E-state index >= 15 is 0 Å². The van der Waals surface area contributed by atoms with Gasteiger partial charge in [-0.2, -0.15) is 0 Å². The number of para-hydroxylation sites is 2. The second kappa shape index (κ2) is 6.52. The molecule has 1 aromatic heterocycles. The van der Waals surface area contributed by atoms with Crippen molar-refractivity contribution >= 4 is 57.5 Å². The molecule has 3 aromatic rings. The number of amides is 1. The van der Waals surface area contributed by atoms with Gasteiger partial charge in [0.25, 0.3) is 0 Å². The van der Waals surface area contributed by atoms with Crippen LogP contribution in [0.1, 0.15) is 17.9 Å². The first kappa shape index (κ1) is 16.7. The molecule has 2 atom stereocenters. The van der Waals surface area contributed by atoms with Gasteiger partial charge in [0.1, 0.15) is 10.5 Å². The van der Waals surface area contributed by atoms with Gasteiger partial charge >= 0.3 is 0 Å². The number of benzene rings is 2. The first-order chi connectivity index (χ1) is 12.1. The number of thioether (sulfide) groups is 1. The average Bonchev–Trinajstić information content (AvgIpc) is 2.90. The van der Waals surface area contributed by atoms with Crippen molar-refractivity contribution in [2.24, 2.45) is 0 Å². The van der Waals surface area contributed by atoms with Crippen molar-refractivity contribution in [1.82, 2.24) is 4.98 Å². The predicted octanol–water partition coefficient (Wildman–Crippen LogP) is 5.71. The second-order valence-corrected chi connectivity index (χ2v) is 8.04. The normalized spacial score (nSPS) is 20.4. The Morgan fingerprint density at radius 2 is 1.80 bits per heavy atom. The van der Waals surface area contributed by atoms with Crippen LogP contribution in [-0.4, -0.2) is 16.1 Å². The van der Waals surface area contributed by atoms with Gasteiger partial charge in [0, 0.05) is 10.9 Å². The third-order valence-corrected chi connectivity index (χ3v) is 6.19. The topological polar surface area (TPSA) is 33.2 Å². The summed E-state index contributed by atoms with van der Waals surface area (Å²) in [5, 5.41) is 1.51. The van der Waals surface area contributed by atoms with Crippen LogP contribution in [0.5, 0.6) is 0 Å². The Morgan fingerprint density at radius 3 is 2.60 bits per heavy atom. The Morgan fingerprint density at radius 1 is 1.08 bits per heavy atom. The summed E-state index contributed by atoms with van der Waals surface area (Å²) < 4.78 is 0. The molecule has 126 valence electrons. The third-order valence-electron chi connectivity index (χ3n) is 4.24. The first-order valence-electron chi connectivity index (χ1n) is 7.84. The number of anilines is 1. The lowest BCUT2D eigenvalue weighted by molar-refractivity contribution is -0.117. The molecule has 0 bridgehead atoms. The minimum atomic E-state index is -0.257. The molecular formula is C19H14Cl2N2OS. The minimum Gasteiger partial charge on any atom is -0.293 e. The number of carbonyl (C=O) groups is 1. The predicted molar refractivity (Wildman–Crippen MR) is 105 cm³/mol. The van der Waals surface area contributed by atoms with Crippen molar-refractivity contribution in [3.63, 3.8) is 0 Å². The van der Waals surface area contributed by atoms with Crippen LogP contribution in [0.2, 0.25) is 10.2 Å². The molecule has 25 heavy (non-hydrogen) atoms. The van der Waals surface area contributed by atoms with E-state index in [1.807, 2.05) is 55.5 Å². The molecule has 6 heteroatoms. The molecule has 3 nitrogen and oxygen atoms in total. The Kier molecular flexibility index (Phi) is 4.36. The molecule has 4 rings (SSSR count). The van der Waals surface area contributed by atoms with Crippen LogP contribution in [0.4, 0.5) is 5.69 Å². The number of pyridine rings is 1. The maximum Gasteiger partial charge on any atom is 0.241 e. The number of hydrogen-bond donors (Lipinski definition) is 0. The number of rotatable bonds is 2. The minimum absolute atomic E-state index is 0.0207. The van der Waals surface area contributed by atoms with Gasteiger partial charge in [-0.3, -0.25) is 9.69 Å². The summed E-state index contributed by atoms with van der Waals surface area (Å²) in [5.74, 6) is 0.0207. The summed E-state index contributed by atoms with van der Waals surface area (Å²) in [7, 11) is 0. The molecule has 1 aliphatic heterocycles. The van der Waals surface area contributed by atoms with Gasteiger partial charge in [-0.1, -0.05) is 53.5 Å². The summed E-state index contributed by atoms with van der Waals surface area (Å²) in [5.41, 5.74) is 2.35. The number of halogens is 2. The second-order valence-electron chi connectivity index (χ2n) is 5.85. The zero-order valence-corrected chi connectivity index (χ0v) is 15.6. The van der Waals surface area contributed by atoms with Crippen LogP contribution in [0.15, 0.2) is 54.6 Å². The molecule has 0 saturated carbocycles. The van der Waals surface area contributed by atoms with Crippen LogP contribution in [0.25, 0.3) is 10.9 Å². The number of nitrogens with zero attached hydrogens (tertiary/aromatic N) is 2. The lowest BCUT2D eigenvalue weighted by Crippen LogP contribution is -2.30. The van der Waals surface area contributed by atoms with Gasteiger partial charge in [0.15, 0.2) is 0 Å². The van der Waals surface area contributed by atoms with Crippen molar-refractivity contribution in [2.75, 3.05) is 4.90 Å². The van der Waals surface area contributed by atoms with Gasteiger partial charge in [0.05, 0.1) is 21.5 Å². The number of carbonyl (C=O) groups excluding carboxylic acids is 1. The SMILES string of the molecule is CC1SC(c2cc3ccccc3nc2Cl)N(c2ccccc2Cl)C1=O. The summed E-state index contributed by atoms with van der Waals surface area (Å²) in [4.78, 5) is 19.0. The Hall–Kier alpha value is -1.75. The Balaban J connectivity index is 1.87. The Labute approximate surface area is 159 Å². The number of aromatic nitrogens is 1. The van der Waals surface area contributed by atoms with Crippen molar-refractivity contribution in [3.8, 4) is 0 Å². The van der Waals surface area contributed by atoms with Crippen LogP contribution in [0.3, 0.4) is 0 Å². The molecule has 1 fully saturated rings. The van der Waals surface area contributed by atoms with Gasteiger partial charge in [-0.05, 0) is 31.2 Å². The monoisotopic (exact) mass is 388 g/mol. The van der Waals surface area contributed by atoms with Crippen LogP contribution >= 0.6 is 35.0 Å². The fourth-order valence-electron chi connectivity index (χ4n) is 3.01. The molecule has 2 heterocycles. The quantitative estimate of drug-likeness (QED) is 0.527. The molecule has 2 aromatic carbocycles. The van der Waals surface area contributed by atoms with Crippen molar-refractivity contribution in [1.29, 1.82) is 0 Å². The zero-order valence-electron chi connectivity index (χ0n) is 13.3. The largest absolute Gasteiger partial charge is 0.293 e. The van der Waals surface area contributed by atoms with E-state index in [-0.39, 0.29) is 16.5 Å². The third kappa shape index (κ3) is 2.88.